The van der Waals surface area contributed by atoms with Crippen LogP contribution in [0.25, 0.3) is 11.4 Å². The number of benzene rings is 1. The van der Waals surface area contributed by atoms with Gasteiger partial charge in [-0.3, -0.25) is 4.79 Å². The van der Waals surface area contributed by atoms with Crippen LogP contribution in [0.3, 0.4) is 0 Å². The first kappa shape index (κ1) is 16.1. The third kappa shape index (κ3) is 4.11. The largest absolute Gasteiger partial charge is 0.382 e. The van der Waals surface area contributed by atoms with Gasteiger partial charge in [0.25, 0.3) is 5.91 Å². The number of nitrogens with one attached hydrogen (secondary N) is 1. The lowest BCUT2D eigenvalue weighted by Crippen LogP contribution is -2.25. The van der Waals surface area contributed by atoms with E-state index in [4.69, 9.17) is 4.74 Å². The number of aromatic nitrogens is 4. The summed E-state index contributed by atoms with van der Waals surface area (Å²) in [5.74, 6) is 0.558. The van der Waals surface area contributed by atoms with Crippen LogP contribution < -0.4 is 5.32 Å². The van der Waals surface area contributed by atoms with Gasteiger partial charge in [-0.2, -0.15) is 0 Å². The Morgan fingerprint density at radius 1 is 1.36 bits per heavy atom. The first-order valence-electron chi connectivity index (χ1n) is 7.48. The molecule has 1 aromatic carbocycles. The molecule has 1 amide bonds. The minimum atomic E-state index is -0.103. The highest BCUT2D eigenvalue weighted by Crippen LogP contribution is 2.17. The van der Waals surface area contributed by atoms with Crippen molar-refractivity contribution in [1.29, 1.82) is 0 Å². The second-order valence-corrected chi connectivity index (χ2v) is 4.71. The van der Waals surface area contributed by atoms with Gasteiger partial charge in [0.1, 0.15) is 0 Å². The van der Waals surface area contributed by atoms with E-state index in [2.05, 4.69) is 20.8 Å². The summed E-state index contributed by atoms with van der Waals surface area (Å²) in [6, 6.07) is 7.31. The average molecular weight is 303 g/mol. The summed E-state index contributed by atoms with van der Waals surface area (Å²) in [5.41, 5.74) is 1.42. The fourth-order valence-corrected chi connectivity index (χ4v) is 2.05. The van der Waals surface area contributed by atoms with Crippen LogP contribution in [0.1, 0.15) is 30.6 Å². The highest BCUT2D eigenvalue weighted by atomic mass is 16.5. The molecule has 0 bridgehead atoms. The molecule has 7 nitrogen and oxygen atoms in total. The summed E-state index contributed by atoms with van der Waals surface area (Å²) in [7, 11) is 0. The van der Waals surface area contributed by atoms with Crippen LogP contribution in [0.4, 0.5) is 0 Å². The SMILES string of the molecule is CCOCCCNC(=O)c1cccc(-c2nnnn2CC)c1. The molecule has 7 heteroatoms. The molecule has 0 atom stereocenters. The van der Waals surface area contributed by atoms with Crippen LogP contribution in [0.15, 0.2) is 24.3 Å². The molecule has 2 aromatic rings. The monoisotopic (exact) mass is 303 g/mol. The Balaban J connectivity index is 2.00. The van der Waals surface area contributed by atoms with Crippen molar-refractivity contribution in [1.82, 2.24) is 25.5 Å². The summed E-state index contributed by atoms with van der Waals surface area (Å²) in [6.45, 7) is 6.54. The summed E-state index contributed by atoms with van der Waals surface area (Å²) in [5, 5.41) is 14.5. The predicted molar refractivity (Wildman–Crippen MR) is 82.4 cm³/mol. The smallest absolute Gasteiger partial charge is 0.251 e. The number of aryl methyl sites for hydroxylation is 1. The van der Waals surface area contributed by atoms with E-state index in [0.717, 1.165) is 12.0 Å². The summed E-state index contributed by atoms with van der Waals surface area (Å²) in [6.07, 6.45) is 0.799. The van der Waals surface area contributed by atoms with E-state index in [1.54, 1.807) is 16.8 Å². The number of nitrogens with zero attached hydrogens (tertiary/aromatic N) is 4. The average Bonchev–Trinajstić information content (AvgIpc) is 3.03. The molecule has 22 heavy (non-hydrogen) atoms. The van der Waals surface area contributed by atoms with Gasteiger partial charge in [-0.05, 0) is 42.8 Å². The zero-order valence-corrected chi connectivity index (χ0v) is 13.0. The molecule has 0 saturated carbocycles. The molecule has 0 radical (unpaired) electrons. The Labute approximate surface area is 129 Å². The molecule has 0 spiro atoms. The molecule has 1 heterocycles. The Morgan fingerprint density at radius 2 is 2.23 bits per heavy atom. The Kier molecular flexibility index (Phi) is 6.02. The van der Waals surface area contributed by atoms with E-state index < -0.39 is 0 Å². The predicted octanol–water partition coefficient (Wildman–Crippen LogP) is 1.52. The van der Waals surface area contributed by atoms with E-state index >= 15 is 0 Å². The summed E-state index contributed by atoms with van der Waals surface area (Å²) < 4.78 is 6.93. The number of ether oxygens (including phenoxy) is 1. The van der Waals surface area contributed by atoms with Crippen LogP contribution >= 0.6 is 0 Å². The number of carbonyl (C=O) groups is 1. The van der Waals surface area contributed by atoms with E-state index in [9.17, 15) is 4.79 Å². The van der Waals surface area contributed by atoms with Crippen LogP contribution in [-0.2, 0) is 11.3 Å². The van der Waals surface area contributed by atoms with Gasteiger partial charge in [0.15, 0.2) is 5.82 Å². The molecule has 0 saturated heterocycles. The molecule has 1 N–H and O–H groups in total. The molecular weight excluding hydrogens is 282 g/mol. The first-order valence-corrected chi connectivity index (χ1v) is 7.48. The third-order valence-corrected chi connectivity index (χ3v) is 3.17. The van der Waals surface area contributed by atoms with Gasteiger partial charge >= 0.3 is 0 Å². The lowest BCUT2D eigenvalue weighted by atomic mass is 10.1. The second-order valence-electron chi connectivity index (χ2n) is 4.71. The number of tetrazole rings is 1. The van der Waals surface area contributed by atoms with E-state index in [1.165, 1.54) is 0 Å². The van der Waals surface area contributed by atoms with Crippen LogP contribution in [0.5, 0.6) is 0 Å². The van der Waals surface area contributed by atoms with Gasteiger partial charge in [-0.15, -0.1) is 5.10 Å². The minimum Gasteiger partial charge on any atom is -0.382 e. The standard InChI is InChI=1S/C15H21N5O2/c1-3-20-14(17-18-19-20)12-7-5-8-13(11-12)15(21)16-9-6-10-22-4-2/h5,7-8,11H,3-4,6,9-10H2,1-2H3,(H,16,21). The van der Waals surface area contributed by atoms with Gasteiger partial charge in [0, 0.05) is 37.4 Å². The van der Waals surface area contributed by atoms with Gasteiger partial charge < -0.3 is 10.1 Å². The zero-order chi connectivity index (χ0) is 15.8. The van der Waals surface area contributed by atoms with Gasteiger partial charge in [-0.25, -0.2) is 4.68 Å². The molecule has 118 valence electrons. The maximum atomic E-state index is 12.1. The van der Waals surface area contributed by atoms with Crippen molar-refractivity contribution < 1.29 is 9.53 Å². The number of rotatable bonds is 8. The zero-order valence-electron chi connectivity index (χ0n) is 13.0. The second kappa shape index (κ2) is 8.23. The number of hydrogen-bond acceptors (Lipinski definition) is 5. The lowest BCUT2D eigenvalue weighted by Gasteiger charge is -2.07. The molecule has 0 fully saturated rings. The molecule has 0 aliphatic heterocycles. The molecular formula is C15H21N5O2. The van der Waals surface area contributed by atoms with Crippen molar-refractivity contribution in [2.75, 3.05) is 19.8 Å². The number of amides is 1. The highest BCUT2D eigenvalue weighted by Gasteiger charge is 2.11. The van der Waals surface area contributed by atoms with E-state index in [-0.39, 0.29) is 5.91 Å². The Bertz CT molecular complexity index is 611. The van der Waals surface area contributed by atoms with Gasteiger partial charge in [0.05, 0.1) is 0 Å². The Hall–Kier alpha value is -2.28. The quantitative estimate of drug-likeness (QED) is 0.748. The van der Waals surface area contributed by atoms with Crippen LogP contribution in [-0.4, -0.2) is 45.9 Å². The highest BCUT2D eigenvalue weighted by molar-refractivity contribution is 5.95. The van der Waals surface area contributed by atoms with Crippen molar-refractivity contribution in [2.24, 2.45) is 0 Å². The number of carbonyl (C=O) groups excluding carboxylic acids is 1. The van der Waals surface area contributed by atoms with Crippen molar-refractivity contribution in [3.8, 4) is 11.4 Å². The third-order valence-electron chi connectivity index (χ3n) is 3.17. The lowest BCUT2D eigenvalue weighted by molar-refractivity contribution is 0.0944. The molecule has 0 unspecified atom stereocenters. The summed E-state index contributed by atoms with van der Waals surface area (Å²) in [4.78, 5) is 12.1. The maximum absolute atomic E-state index is 12.1. The first-order chi connectivity index (χ1) is 10.8. The van der Waals surface area contributed by atoms with E-state index in [0.29, 0.717) is 37.7 Å². The van der Waals surface area contributed by atoms with Crippen molar-refractivity contribution in [2.45, 2.75) is 26.8 Å². The minimum absolute atomic E-state index is 0.103. The maximum Gasteiger partial charge on any atom is 0.251 e. The Morgan fingerprint density at radius 3 is 3.00 bits per heavy atom. The fourth-order valence-electron chi connectivity index (χ4n) is 2.05. The topological polar surface area (TPSA) is 81.9 Å². The van der Waals surface area contributed by atoms with Gasteiger partial charge in [0.2, 0.25) is 0 Å². The summed E-state index contributed by atoms with van der Waals surface area (Å²) >= 11 is 0. The number of hydrogen-bond donors (Lipinski definition) is 1. The molecule has 2 rings (SSSR count). The van der Waals surface area contributed by atoms with Gasteiger partial charge in [-0.1, -0.05) is 12.1 Å². The van der Waals surface area contributed by atoms with Crippen molar-refractivity contribution in [3.05, 3.63) is 29.8 Å². The fraction of sp³-hybridized carbons (Fsp3) is 0.467. The normalized spacial score (nSPS) is 10.6. The van der Waals surface area contributed by atoms with Crippen LogP contribution in [0, 0.1) is 0 Å². The van der Waals surface area contributed by atoms with Crippen molar-refractivity contribution >= 4 is 5.91 Å². The molecule has 0 aliphatic rings. The van der Waals surface area contributed by atoms with Crippen LogP contribution in [0.2, 0.25) is 0 Å². The molecule has 1 aromatic heterocycles. The van der Waals surface area contributed by atoms with E-state index in [1.807, 2.05) is 26.0 Å². The molecule has 0 aliphatic carbocycles. The van der Waals surface area contributed by atoms with Crippen molar-refractivity contribution in [3.63, 3.8) is 0 Å².